The van der Waals surface area contributed by atoms with E-state index in [0.29, 0.717) is 25.7 Å². The van der Waals surface area contributed by atoms with Gasteiger partial charge in [-0.3, -0.25) is 14.4 Å². The second kappa shape index (κ2) is 5.59. The quantitative estimate of drug-likeness (QED) is 0.786. The number of Topliss-reactive ketones (excluding diaryl/α,β-unsaturated/α-hetero) is 2. The Balaban J connectivity index is 1.75. The van der Waals surface area contributed by atoms with E-state index in [1.807, 2.05) is 6.92 Å². The number of aliphatic hydroxyl groups is 2. The van der Waals surface area contributed by atoms with Crippen molar-refractivity contribution in [2.75, 3.05) is 6.61 Å². The lowest BCUT2D eigenvalue weighted by molar-refractivity contribution is -0.170. The SMILES string of the molecule is C[C@]12CCC(=O)C=C1CC[C@@H]1[C@H]3CC[C@](O)(C(=O)CO)[C@@]3(C)CC(=O)[C@@H]12. The number of fused-ring (bicyclic) bond motifs is 5. The smallest absolute Gasteiger partial charge is 0.190 e. The van der Waals surface area contributed by atoms with Gasteiger partial charge >= 0.3 is 0 Å². The highest BCUT2D eigenvalue weighted by Crippen LogP contribution is 2.66. The highest BCUT2D eigenvalue weighted by molar-refractivity contribution is 5.94. The summed E-state index contributed by atoms with van der Waals surface area (Å²) in [4.78, 5) is 37.5. The summed E-state index contributed by atoms with van der Waals surface area (Å²) < 4.78 is 0. The summed E-state index contributed by atoms with van der Waals surface area (Å²) in [5.41, 5.74) is -1.55. The number of hydrogen-bond acceptors (Lipinski definition) is 5. The molecule has 0 spiro atoms. The Hall–Kier alpha value is -1.33. The molecule has 3 fully saturated rings. The van der Waals surface area contributed by atoms with Gasteiger partial charge in [0.05, 0.1) is 0 Å². The molecule has 0 aromatic carbocycles. The van der Waals surface area contributed by atoms with E-state index in [9.17, 15) is 24.6 Å². The van der Waals surface area contributed by atoms with Crippen molar-refractivity contribution in [3.8, 4) is 0 Å². The normalized spacial score (nSPS) is 47.7. The number of allylic oxidation sites excluding steroid dienone is 1. The van der Waals surface area contributed by atoms with Crippen molar-refractivity contribution >= 4 is 17.3 Å². The molecule has 6 atom stereocenters. The van der Waals surface area contributed by atoms with Crippen LogP contribution in [0.25, 0.3) is 0 Å². The van der Waals surface area contributed by atoms with Crippen LogP contribution in [-0.4, -0.2) is 39.8 Å². The summed E-state index contributed by atoms with van der Waals surface area (Å²) in [6, 6.07) is 0. The molecule has 26 heavy (non-hydrogen) atoms. The van der Waals surface area contributed by atoms with Crippen molar-refractivity contribution in [2.45, 2.75) is 64.4 Å². The second-order valence-corrected chi connectivity index (χ2v) is 9.38. The van der Waals surface area contributed by atoms with E-state index in [1.54, 1.807) is 6.08 Å². The summed E-state index contributed by atoms with van der Waals surface area (Å²) >= 11 is 0. The van der Waals surface area contributed by atoms with E-state index in [2.05, 4.69) is 6.92 Å². The summed E-state index contributed by atoms with van der Waals surface area (Å²) in [7, 11) is 0. The molecule has 142 valence electrons. The minimum absolute atomic E-state index is 0.0988. The summed E-state index contributed by atoms with van der Waals surface area (Å²) in [5.74, 6) is -0.172. The van der Waals surface area contributed by atoms with Crippen molar-refractivity contribution < 1.29 is 24.6 Å². The van der Waals surface area contributed by atoms with E-state index in [4.69, 9.17) is 0 Å². The highest BCUT2D eigenvalue weighted by atomic mass is 16.3. The van der Waals surface area contributed by atoms with Crippen LogP contribution in [0.1, 0.15) is 58.8 Å². The van der Waals surface area contributed by atoms with Gasteiger partial charge in [-0.05, 0) is 55.4 Å². The van der Waals surface area contributed by atoms with Gasteiger partial charge in [-0.2, -0.15) is 0 Å². The van der Waals surface area contributed by atoms with Gasteiger partial charge in [0.15, 0.2) is 11.6 Å². The molecule has 0 aromatic heterocycles. The van der Waals surface area contributed by atoms with Crippen molar-refractivity contribution in [3.63, 3.8) is 0 Å². The number of rotatable bonds is 2. The van der Waals surface area contributed by atoms with Gasteiger partial charge in [-0.15, -0.1) is 0 Å². The molecular formula is C21H28O5. The minimum atomic E-state index is -1.60. The monoisotopic (exact) mass is 360 g/mol. The fraction of sp³-hybridized carbons (Fsp3) is 0.762. The Kier molecular flexibility index (Phi) is 3.88. The zero-order valence-corrected chi connectivity index (χ0v) is 15.6. The Morgan fingerprint density at radius 2 is 1.92 bits per heavy atom. The molecule has 4 aliphatic carbocycles. The van der Waals surface area contributed by atoms with Gasteiger partial charge in [0.2, 0.25) is 0 Å². The minimum Gasteiger partial charge on any atom is -0.388 e. The first-order chi connectivity index (χ1) is 12.2. The fourth-order valence-electron chi connectivity index (χ4n) is 6.98. The van der Waals surface area contributed by atoms with Crippen LogP contribution in [0.2, 0.25) is 0 Å². The van der Waals surface area contributed by atoms with Gasteiger partial charge in [0.25, 0.3) is 0 Å². The predicted molar refractivity (Wildman–Crippen MR) is 94.1 cm³/mol. The number of ketones is 3. The first kappa shape index (κ1) is 18.1. The maximum absolute atomic E-state index is 13.3. The number of carbonyl (C=O) groups is 3. The van der Waals surface area contributed by atoms with Crippen molar-refractivity contribution in [1.82, 2.24) is 0 Å². The molecule has 0 amide bonds. The number of carbonyl (C=O) groups excluding carboxylic acids is 3. The molecule has 4 aliphatic rings. The van der Waals surface area contributed by atoms with Crippen LogP contribution >= 0.6 is 0 Å². The summed E-state index contributed by atoms with van der Waals surface area (Å²) in [5, 5.41) is 20.5. The molecule has 2 N–H and O–H groups in total. The van der Waals surface area contributed by atoms with Crippen LogP contribution in [0.15, 0.2) is 11.6 Å². The van der Waals surface area contributed by atoms with Crippen molar-refractivity contribution in [3.05, 3.63) is 11.6 Å². The van der Waals surface area contributed by atoms with Crippen LogP contribution in [0, 0.1) is 28.6 Å². The summed E-state index contributed by atoms with van der Waals surface area (Å²) in [6.07, 6.45) is 5.83. The Labute approximate surface area is 153 Å². The van der Waals surface area contributed by atoms with E-state index in [0.717, 1.165) is 18.4 Å². The average molecular weight is 360 g/mol. The largest absolute Gasteiger partial charge is 0.388 e. The Bertz CT molecular complexity index is 724. The fourth-order valence-corrected chi connectivity index (χ4v) is 6.98. The van der Waals surface area contributed by atoms with Gasteiger partial charge in [0, 0.05) is 24.2 Å². The van der Waals surface area contributed by atoms with Crippen LogP contribution in [0.5, 0.6) is 0 Å². The van der Waals surface area contributed by atoms with E-state index >= 15 is 0 Å². The molecule has 0 heterocycles. The average Bonchev–Trinajstić information content (AvgIpc) is 2.86. The molecule has 5 heteroatoms. The maximum atomic E-state index is 13.3. The van der Waals surface area contributed by atoms with E-state index in [-0.39, 0.29) is 41.2 Å². The topological polar surface area (TPSA) is 91.7 Å². The third-order valence-electron chi connectivity index (χ3n) is 8.41. The molecule has 5 nitrogen and oxygen atoms in total. The molecule has 3 saturated carbocycles. The third kappa shape index (κ3) is 2.07. The highest BCUT2D eigenvalue weighted by Gasteiger charge is 2.68. The zero-order chi connectivity index (χ0) is 18.9. The lowest BCUT2D eigenvalue weighted by atomic mass is 9.46. The first-order valence-corrected chi connectivity index (χ1v) is 9.80. The predicted octanol–water partition coefficient (Wildman–Crippen LogP) is 1.99. The van der Waals surface area contributed by atoms with E-state index < -0.39 is 23.4 Å². The van der Waals surface area contributed by atoms with Gasteiger partial charge in [0.1, 0.15) is 18.0 Å². The van der Waals surface area contributed by atoms with Crippen LogP contribution in [0.3, 0.4) is 0 Å². The molecule has 0 saturated heterocycles. The standard InChI is InChI=1S/C21H28O5/c1-19-7-5-13(23)9-12(19)3-4-14-15-6-8-21(26,17(25)11-22)20(15,2)10-16(24)18(14)19/h9,14-15,18,22,26H,3-8,10-11H2,1-2H3/t14-,15-,18-,19+,20+,21+/m1/s1. The van der Waals surface area contributed by atoms with Crippen LogP contribution in [0.4, 0.5) is 0 Å². The molecule has 0 radical (unpaired) electrons. The van der Waals surface area contributed by atoms with E-state index in [1.165, 1.54) is 0 Å². The van der Waals surface area contributed by atoms with Gasteiger partial charge < -0.3 is 10.2 Å². The molecule has 0 aromatic rings. The molecule has 4 rings (SSSR count). The molecule has 0 bridgehead atoms. The first-order valence-electron chi connectivity index (χ1n) is 9.80. The van der Waals surface area contributed by atoms with Crippen molar-refractivity contribution in [2.24, 2.45) is 28.6 Å². The van der Waals surface area contributed by atoms with Crippen LogP contribution < -0.4 is 0 Å². The van der Waals surface area contributed by atoms with Gasteiger partial charge in [-0.25, -0.2) is 0 Å². The maximum Gasteiger partial charge on any atom is 0.190 e. The zero-order valence-electron chi connectivity index (χ0n) is 15.6. The molecule has 0 aliphatic heterocycles. The molecule has 0 unspecified atom stereocenters. The van der Waals surface area contributed by atoms with Crippen molar-refractivity contribution in [1.29, 1.82) is 0 Å². The third-order valence-corrected chi connectivity index (χ3v) is 8.41. The van der Waals surface area contributed by atoms with Gasteiger partial charge in [-0.1, -0.05) is 19.4 Å². The second-order valence-electron chi connectivity index (χ2n) is 9.38. The summed E-state index contributed by atoms with van der Waals surface area (Å²) in [6.45, 7) is 3.31. The Morgan fingerprint density at radius 1 is 1.19 bits per heavy atom. The van der Waals surface area contributed by atoms with Crippen LogP contribution in [-0.2, 0) is 14.4 Å². The lowest BCUT2D eigenvalue weighted by Crippen LogP contribution is -2.60. The molecular weight excluding hydrogens is 332 g/mol. The lowest BCUT2D eigenvalue weighted by Gasteiger charge is -2.57. The number of hydrogen-bond donors (Lipinski definition) is 2. The number of aliphatic hydroxyl groups excluding tert-OH is 1. The Morgan fingerprint density at radius 3 is 2.62 bits per heavy atom.